The van der Waals surface area contributed by atoms with E-state index in [1.54, 1.807) is 42.7 Å². The van der Waals surface area contributed by atoms with E-state index < -0.39 is 0 Å². The zero-order valence-corrected chi connectivity index (χ0v) is 16.6. The van der Waals surface area contributed by atoms with E-state index in [0.29, 0.717) is 17.7 Å². The van der Waals surface area contributed by atoms with Crippen LogP contribution in [0.25, 0.3) is 0 Å². The minimum atomic E-state index is -0.318. The Labute approximate surface area is 174 Å². The summed E-state index contributed by atoms with van der Waals surface area (Å²) in [5.41, 5.74) is 2.86. The third-order valence-electron chi connectivity index (χ3n) is 4.58. The number of carbonyl (C=O) groups excluding carboxylic acids is 2. The number of Topliss-reactive ketones (excluding diaryl/α,β-unsaturated/α-hetero) is 1. The Morgan fingerprint density at radius 1 is 1.00 bits per heavy atom. The largest absolute Gasteiger partial charge is 0.488 e. The van der Waals surface area contributed by atoms with Crippen LogP contribution in [0, 0.1) is 5.82 Å². The van der Waals surface area contributed by atoms with Gasteiger partial charge >= 0.3 is 5.97 Å². The van der Waals surface area contributed by atoms with Crippen molar-refractivity contribution in [3.63, 3.8) is 0 Å². The fourth-order valence-corrected chi connectivity index (χ4v) is 2.95. The monoisotopic (exact) mass is 407 g/mol. The summed E-state index contributed by atoms with van der Waals surface area (Å²) in [6.07, 6.45) is 4.17. The number of carbonyl (C=O) groups is 2. The van der Waals surface area contributed by atoms with Crippen LogP contribution in [0.15, 0.2) is 67.0 Å². The SMILES string of the molecule is COC(=O)CCc1ccc(OCc2ccc(F)cc2)c(C(=O)Cc2cccnc2)c1. The summed E-state index contributed by atoms with van der Waals surface area (Å²) in [4.78, 5) is 28.5. The molecule has 0 radical (unpaired) electrons. The molecule has 0 aliphatic carbocycles. The summed E-state index contributed by atoms with van der Waals surface area (Å²) < 4.78 is 23.7. The molecule has 3 rings (SSSR count). The van der Waals surface area contributed by atoms with Gasteiger partial charge in [0.15, 0.2) is 5.78 Å². The van der Waals surface area contributed by atoms with E-state index in [9.17, 15) is 14.0 Å². The van der Waals surface area contributed by atoms with E-state index in [2.05, 4.69) is 9.72 Å². The van der Waals surface area contributed by atoms with Gasteiger partial charge in [-0.25, -0.2) is 4.39 Å². The number of esters is 1. The van der Waals surface area contributed by atoms with E-state index in [1.165, 1.54) is 19.2 Å². The van der Waals surface area contributed by atoms with Crippen molar-refractivity contribution in [2.24, 2.45) is 0 Å². The average Bonchev–Trinajstić information content (AvgIpc) is 2.78. The molecule has 1 aromatic heterocycles. The Balaban J connectivity index is 1.81. The molecule has 154 valence electrons. The fourth-order valence-electron chi connectivity index (χ4n) is 2.95. The van der Waals surface area contributed by atoms with Crippen LogP contribution in [0.5, 0.6) is 5.75 Å². The Bertz CT molecular complexity index is 1000. The van der Waals surface area contributed by atoms with E-state index in [4.69, 9.17) is 4.74 Å². The number of ketones is 1. The molecule has 0 atom stereocenters. The number of pyridine rings is 1. The molecule has 1 heterocycles. The minimum Gasteiger partial charge on any atom is -0.488 e. The normalized spacial score (nSPS) is 10.5. The molecule has 0 bridgehead atoms. The quantitative estimate of drug-likeness (QED) is 0.390. The number of halogens is 1. The van der Waals surface area contributed by atoms with Crippen molar-refractivity contribution in [3.05, 3.63) is 95.1 Å². The molecule has 0 unspecified atom stereocenters. The van der Waals surface area contributed by atoms with Crippen LogP contribution in [-0.2, 0) is 29.0 Å². The molecule has 0 amide bonds. The number of aromatic nitrogens is 1. The Morgan fingerprint density at radius 3 is 2.47 bits per heavy atom. The number of rotatable bonds is 9. The first-order valence-electron chi connectivity index (χ1n) is 9.54. The number of nitrogens with zero attached hydrogens (tertiary/aromatic N) is 1. The van der Waals surface area contributed by atoms with Crippen LogP contribution in [0.3, 0.4) is 0 Å². The van der Waals surface area contributed by atoms with Crippen molar-refractivity contribution in [2.45, 2.75) is 25.9 Å². The van der Waals surface area contributed by atoms with Crippen molar-refractivity contribution in [2.75, 3.05) is 7.11 Å². The van der Waals surface area contributed by atoms with Crippen molar-refractivity contribution in [1.29, 1.82) is 0 Å². The van der Waals surface area contributed by atoms with Crippen molar-refractivity contribution in [3.8, 4) is 5.75 Å². The molecule has 0 spiro atoms. The molecular formula is C24H22FNO4. The van der Waals surface area contributed by atoms with Gasteiger partial charge in [0.25, 0.3) is 0 Å². The molecule has 6 heteroatoms. The molecular weight excluding hydrogens is 385 g/mol. The number of methoxy groups -OCH3 is 1. The fraction of sp³-hybridized carbons (Fsp3) is 0.208. The molecule has 5 nitrogen and oxygen atoms in total. The van der Waals surface area contributed by atoms with Crippen LogP contribution < -0.4 is 4.74 Å². The zero-order valence-electron chi connectivity index (χ0n) is 16.6. The van der Waals surface area contributed by atoms with Crippen LogP contribution in [-0.4, -0.2) is 23.8 Å². The van der Waals surface area contributed by atoms with Gasteiger partial charge in [-0.15, -0.1) is 0 Å². The van der Waals surface area contributed by atoms with Gasteiger partial charge in [0.05, 0.1) is 12.7 Å². The van der Waals surface area contributed by atoms with Crippen LogP contribution >= 0.6 is 0 Å². The number of hydrogen-bond donors (Lipinski definition) is 0. The standard InChI is InChI=1S/C24H22FNO4/c1-29-24(28)11-7-17-6-10-23(30-16-18-4-8-20(25)9-5-18)21(13-17)22(27)14-19-3-2-12-26-15-19/h2-6,8-10,12-13,15H,7,11,14,16H2,1H3. The van der Waals surface area contributed by atoms with Gasteiger partial charge in [0.2, 0.25) is 0 Å². The smallest absolute Gasteiger partial charge is 0.305 e. The molecule has 0 saturated carbocycles. The molecule has 3 aromatic rings. The van der Waals surface area contributed by atoms with Crippen molar-refractivity contribution in [1.82, 2.24) is 4.98 Å². The van der Waals surface area contributed by atoms with Crippen LogP contribution in [0.1, 0.15) is 33.5 Å². The van der Waals surface area contributed by atoms with Gasteiger partial charge in [-0.1, -0.05) is 24.3 Å². The first-order valence-corrected chi connectivity index (χ1v) is 9.54. The maximum atomic E-state index is 13.1. The van der Waals surface area contributed by atoms with Crippen molar-refractivity contribution < 1.29 is 23.5 Å². The summed E-state index contributed by atoms with van der Waals surface area (Å²) in [7, 11) is 1.34. The lowest BCUT2D eigenvalue weighted by Crippen LogP contribution is -2.09. The van der Waals surface area contributed by atoms with E-state index in [-0.39, 0.29) is 37.0 Å². The second-order valence-corrected chi connectivity index (χ2v) is 6.78. The van der Waals surface area contributed by atoms with Crippen LogP contribution in [0.2, 0.25) is 0 Å². The third-order valence-corrected chi connectivity index (χ3v) is 4.58. The second-order valence-electron chi connectivity index (χ2n) is 6.78. The highest BCUT2D eigenvalue weighted by molar-refractivity contribution is 6.00. The van der Waals surface area contributed by atoms with Crippen LogP contribution in [0.4, 0.5) is 4.39 Å². The third kappa shape index (κ3) is 5.98. The number of benzene rings is 2. The van der Waals surface area contributed by atoms with Gasteiger partial charge in [0, 0.05) is 25.2 Å². The highest BCUT2D eigenvalue weighted by Gasteiger charge is 2.15. The maximum absolute atomic E-state index is 13.1. The predicted molar refractivity (Wildman–Crippen MR) is 110 cm³/mol. The van der Waals surface area contributed by atoms with Gasteiger partial charge in [-0.2, -0.15) is 0 Å². The highest BCUT2D eigenvalue weighted by atomic mass is 19.1. The summed E-state index contributed by atoms with van der Waals surface area (Å²) in [6.45, 7) is 0.203. The molecule has 0 aliphatic heterocycles. The highest BCUT2D eigenvalue weighted by Crippen LogP contribution is 2.24. The average molecular weight is 407 g/mol. The Kier molecular flexibility index (Phi) is 7.27. The summed E-state index contributed by atoms with van der Waals surface area (Å²) in [6, 6.07) is 14.9. The molecule has 0 fully saturated rings. The summed E-state index contributed by atoms with van der Waals surface area (Å²) in [5, 5.41) is 0. The topological polar surface area (TPSA) is 65.5 Å². The second kappa shape index (κ2) is 10.3. The van der Waals surface area contributed by atoms with Gasteiger partial charge < -0.3 is 9.47 Å². The number of ether oxygens (including phenoxy) is 2. The maximum Gasteiger partial charge on any atom is 0.305 e. The molecule has 0 N–H and O–H groups in total. The molecule has 30 heavy (non-hydrogen) atoms. The lowest BCUT2D eigenvalue weighted by atomic mass is 9.99. The number of aryl methyl sites for hydroxylation is 1. The zero-order chi connectivity index (χ0) is 21.3. The van der Waals surface area contributed by atoms with Crippen molar-refractivity contribution >= 4 is 11.8 Å². The Hall–Kier alpha value is -3.54. The summed E-state index contributed by atoms with van der Waals surface area (Å²) >= 11 is 0. The summed E-state index contributed by atoms with van der Waals surface area (Å²) in [5.74, 6) is -0.303. The van der Waals surface area contributed by atoms with Gasteiger partial charge in [0.1, 0.15) is 18.2 Å². The first-order chi connectivity index (χ1) is 14.5. The number of hydrogen-bond acceptors (Lipinski definition) is 5. The minimum absolute atomic E-state index is 0.114. The van der Waals surface area contributed by atoms with E-state index in [0.717, 1.165) is 16.7 Å². The Morgan fingerprint density at radius 2 is 1.77 bits per heavy atom. The van der Waals surface area contributed by atoms with E-state index in [1.807, 2.05) is 12.1 Å². The van der Waals surface area contributed by atoms with Gasteiger partial charge in [-0.3, -0.25) is 14.6 Å². The first kappa shape index (κ1) is 21.2. The molecule has 2 aromatic carbocycles. The lowest BCUT2D eigenvalue weighted by Gasteiger charge is -2.13. The molecule has 0 aliphatic rings. The van der Waals surface area contributed by atoms with E-state index >= 15 is 0 Å². The van der Waals surface area contributed by atoms with Gasteiger partial charge in [-0.05, 0) is 53.4 Å². The lowest BCUT2D eigenvalue weighted by molar-refractivity contribution is -0.140. The molecule has 0 saturated heterocycles. The predicted octanol–water partition coefficient (Wildman–Crippen LogP) is 4.33.